The van der Waals surface area contributed by atoms with Gasteiger partial charge in [0.15, 0.2) is 18.4 Å². The average molecular weight is 550 g/mol. The van der Waals surface area contributed by atoms with Crippen molar-refractivity contribution in [3.05, 3.63) is 23.9 Å². The van der Waals surface area contributed by atoms with Crippen molar-refractivity contribution in [3.63, 3.8) is 0 Å². The van der Waals surface area contributed by atoms with Crippen molar-refractivity contribution in [2.24, 2.45) is 5.73 Å². The molecule has 4 atom stereocenters. The van der Waals surface area contributed by atoms with E-state index in [1.165, 1.54) is 0 Å². The number of carbonyl (C=O) groups is 4. The Morgan fingerprint density at radius 3 is 2.23 bits per heavy atom. The van der Waals surface area contributed by atoms with Crippen LogP contribution in [0.1, 0.15) is 40.0 Å². The second kappa shape index (κ2) is 11.9. The first-order valence-corrected chi connectivity index (χ1v) is 12.1. The van der Waals surface area contributed by atoms with E-state index in [0.717, 1.165) is 0 Å². The van der Waals surface area contributed by atoms with E-state index in [-0.39, 0.29) is 25.9 Å². The normalized spacial score (nSPS) is 25.1. The van der Waals surface area contributed by atoms with Crippen LogP contribution in [0.15, 0.2) is 23.9 Å². The van der Waals surface area contributed by atoms with Crippen LogP contribution in [-0.4, -0.2) is 62.1 Å². The largest absolute Gasteiger partial charge is 0.463 e. The Hall–Kier alpha value is -2.28. The molecule has 0 radical (unpaired) electrons. The molecule has 172 valence electrons. The zero-order chi connectivity index (χ0) is 23.0. The van der Waals surface area contributed by atoms with Gasteiger partial charge in [0.2, 0.25) is 5.91 Å². The van der Waals surface area contributed by atoms with Gasteiger partial charge in [0.05, 0.1) is 0 Å². The zero-order valence-corrected chi connectivity index (χ0v) is 19.8. The fourth-order valence-corrected chi connectivity index (χ4v) is 5.01. The van der Waals surface area contributed by atoms with E-state index in [4.69, 9.17) is 24.7 Å². The summed E-state index contributed by atoms with van der Waals surface area (Å²) in [5, 5.41) is 0. The molecule has 2 aliphatic rings. The third-order valence-corrected chi connectivity index (χ3v) is 6.87. The molecule has 31 heavy (non-hydrogen) atoms. The van der Waals surface area contributed by atoms with Gasteiger partial charge in [-0.2, -0.15) is 0 Å². The van der Waals surface area contributed by atoms with E-state index in [9.17, 15) is 19.2 Å². The van der Waals surface area contributed by atoms with Crippen LogP contribution in [0.2, 0.25) is 0 Å². The number of primary amides is 1. The van der Waals surface area contributed by atoms with Gasteiger partial charge in [-0.15, -0.1) is 0 Å². The summed E-state index contributed by atoms with van der Waals surface area (Å²) in [6.07, 6.45) is 1.83. The summed E-state index contributed by atoms with van der Waals surface area (Å²) in [4.78, 5) is 47.3. The van der Waals surface area contributed by atoms with Crippen LogP contribution >= 0.6 is 21.0 Å². The molecular weight excluding hydrogens is 523 g/mol. The van der Waals surface area contributed by atoms with Crippen molar-refractivity contribution in [1.82, 2.24) is 3.11 Å². The number of allylic oxidation sites excluding steroid dienone is 2. The molecule has 0 aromatic rings. The molecule has 2 heterocycles. The van der Waals surface area contributed by atoms with Gasteiger partial charge < -0.3 is 24.7 Å². The lowest BCUT2D eigenvalue weighted by molar-refractivity contribution is -0.168. The van der Waals surface area contributed by atoms with Gasteiger partial charge >= 0.3 is 17.9 Å². The van der Waals surface area contributed by atoms with Crippen LogP contribution in [0.25, 0.3) is 0 Å². The fourth-order valence-electron chi connectivity index (χ4n) is 2.74. The van der Waals surface area contributed by atoms with Crippen molar-refractivity contribution in [2.45, 2.75) is 64.6 Å². The van der Waals surface area contributed by atoms with E-state index in [2.05, 4.69) is 0 Å². The molecule has 1 saturated heterocycles. The lowest BCUT2D eigenvalue weighted by Crippen LogP contribution is -2.44. The Morgan fingerprint density at radius 2 is 1.65 bits per heavy atom. The van der Waals surface area contributed by atoms with E-state index in [1.54, 1.807) is 46.2 Å². The molecule has 0 bridgehead atoms. The van der Waals surface area contributed by atoms with Gasteiger partial charge in [-0.3, -0.25) is 22.3 Å². The number of esters is 3. The third-order valence-electron chi connectivity index (χ3n) is 4.41. The number of hydrogen-bond donors (Lipinski definition) is 1. The third kappa shape index (κ3) is 6.86. The molecule has 0 saturated carbocycles. The minimum absolute atomic E-state index is 0.118. The van der Waals surface area contributed by atoms with Crippen molar-refractivity contribution in [3.8, 4) is 0 Å². The first kappa shape index (κ1) is 25.0. The second-order valence-corrected chi connectivity index (χ2v) is 8.89. The van der Waals surface area contributed by atoms with Crippen LogP contribution in [0.3, 0.4) is 0 Å². The van der Waals surface area contributed by atoms with E-state index >= 15 is 0 Å². The van der Waals surface area contributed by atoms with Gasteiger partial charge in [0, 0.05) is 56.1 Å². The number of nitrogens with zero attached hydrogens (tertiary/aromatic N) is 1. The molecule has 0 aliphatic carbocycles. The van der Waals surface area contributed by atoms with Gasteiger partial charge in [-0.05, 0) is 12.2 Å². The molecule has 0 spiro atoms. The molecular formula is C20H27IN2O8. The van der Waals surface area contributed by atoms with Crippen LogP contribution in [-0.2, 0) is 38.1 Å². The standard InChI is InChI=1S/C20H27IN2O8/c1-4-14(24)28-11-13-17(30-15(25)5-2)18(31-16(26)6-3)20(29-13)23-9-7-8-12(10-21-23)19(22)27/h7-10,13,17-18,20H,4-6,11H2,1-3H3,(H2,22,27)/t13?,17-,18-,20?/m1/s1. The molecule has 2 N–H and O–H groups in total. The zero-order valence-electron chi connectivity index (χ0n) is 17.6. The minimum Gasteiger partial charge on any atom is -0.463 e. The summed E-state index contributed by atoms with van der Waals surface area (Å²) in [6.45, 7) is 4.79. The predicted molar refractivity (Wildman–Crippen MR) is 119 cm³/mol. The quantitative estimate of drug-likeness (QED) is 0.195. The number of halogens is 1. The summed E-state index contributed by atoms with van der Waals surface area (Å²) < 4.78 is 25.9. The van der Waals surface area contributed by atoms with E-state index < -0.39 is 69.4 Å². The number of hydrogen-bond acceptors (Lipinski definition) is 9. The SMILES string of the molecule is CCC(=O)OCC1OC(N2C=CC=C(C(N)=O)C=I2)[C@H](OC(=O)CC)[C@@H]1OC(=O)CC. The van der Waals surface area contributed by atoms with Crippen molar-refractivity contribution < 1.29 is 38.1 Å². The summed E-state index contributed by atoms with van der Waals surface area (Å²) in [7, 11) is 0. The first-order valence-electron chi connectivity index (χ1n) is 9.94. The monoisotopic (exact) mass is 550 g/mol. The summed E-state index contributed by atoms with van der Waals surface area (Å²) in [5.41, 5.74) is 5.73. The summed E-state index contributed by atoms with van der Waals surface area (Å²) in [5.74, 6) is -1.96. The summed E-state index contributed by atoms with van der Waals surface area (Å²) >= 11 is -0.925. The van der Waals surface area contributed by atoms with Crippen molar-refractivity contribution in [1.29, 1.82) is 0 Å². The Labute approximate surface area is 190 Å². The molecule has 1 fully saturated rings. The second-order valence-electron chi connectivity index (χ2n) is 6.60. The van der Waals surface area contributed by atoms with Crippen LogP contribution in [0.4, 0.5) is 0 Å². The Kier molecular flexibility index (Phi) is 9.62. The minimum atomic E-state index is -0.957. The van der Waals surface area contributed by atoms with Crippen LogP contribution in [0.5, 0.6) is 0 Å². The number of carbonyl (C=O) groups excluding carboxylic acids is 4. The van der Waals surface area contributed by atoms with E-state index in [0.29, 0.717) is 5.57 Å². The molecule has 10 nitrogen and oxygen atoms in total. The molecule has 1 amide bonds. The van der Waals surface area contributed by atoms with Crippen molar-refractivity contribution in [2.75, 3.05) is 6.61 Å². The highest BCUT2D eigenvalue weighted by atomic mass is 127. The average Bonchev–Trinajstić information content (AvgIpc) is 2.93. The number of ether oxygens (including phenoxy) is 4. The molecule has 2 rings (SSSR count). The highest BCUT2D eigenvalue weighted by Gasteiger charge is 2.51. The maximum Gasteiger partial charge on any atom is 0.306 e. The highest BCUT2D eigenvalue weighted by Crippen LogP contribution is 2.34. The van der Waals surface area contributed by atoms with Gasteiger partial charge in [-0.25, -0.2) is 0 Å². The Morgan fingerprint density at radius 1 is 1.03 bits per heavy atom. The van der Waals surface area contributed by atoms with Gasteiger partial charge in [-0.1, -0.05) is 20.8 Å². The summed E-state index contributed by atoms with van der Waals surface area (Å²) in [6, 6.07) is 0. The fraction of sp³-hybridized carbons (Fsp3) is 0.550. The molecule has 0 aromatic carbocycles. The van der Waals surface area contributed by atoms with E-state index in [1.807, 2.05) is 0 Å². The molecule has 0 aromatic heterocycles. The van der Waals surface area contributed by atoms with Crippen LogP contribution in [0, 0.1) is 0 Å². The van der Waals surface area contributed by atoms with Gasteiger partial charge in [0.1, 0.15) is 12.7 Å². The predicted octanol–water partition coefficient (Wildman–Crippen LogP) is 1.24. The smallest absolute Gasteiger partial charge is 0.306 e. The molecule has 2 aliphatic heterocycles. The van der Waals surface area contributed by atoms with Crippen molar-refractivity contribution >= 4 is 48.8 Å². The highest BCUT2D eigenvalue weighted by molar-refractivity contribution is 14.2. The molecule has 11 heteroatoms. The molecule has 2 unspecified atom stereocenters. The number of nitrogens with two attached hydrogens (primary N) is 1. The number of rotatable bonds is 9. The Bertz CT molecular complexity index is 794. The lowest BCUT2D eigenvalue weighted by atomic mass is 10.1. The first-order chi connectivity index (χ1) is 14.8. The van der Waals surface area contributed by atoms with Gasteiger partial charge in [0.25, 0.3) is 0 Å². The van der Waals surface area contributed by atoms with Crippen LogP contribution < -0.4 is 5.73 Å². The lowest BCUT2D eigenvalue weighted by Gasteiger charge is -2.28. The number of amides is 1. The topological polar surface area (TPSA) is 134 Å². The Balaban J connectivity index is 2.33. The maximum atomic E-state index is 12.1. The maximum absolute atomic E-state index is 12.1.